The lowest BCUT2D eigenvalue weighted by Gasteiger charge is -2.16. The summed E-state index contributed by atoms with van der Waals surface area (Å²) >= 11 is 0. The molecular weight excluding hydrogens is 375 g/mol. The molecule has 9 heteroatoms. The molecule has 0 spiro atoms. The lowest BCUT2D eigenvalue weighted by atomic mass is 9.94. The number of carbonyl (C=O) groups excluding carboxylic acids is 1. The van der Waals surface area contributed by atoms with E-state index in [4.69, 9.17) is 4.74 Å². The number of fused-ring (bicyclic) bond motifs is 1. The van der Waals surface area contributed by atoms with Gasteiger partial charge in [-0.3, -0.25) is 9.20 Å². The molecule has 1 aromatic carbocycles. The first kappa shape index (κ1) is 18.3. The van der Waals surface area contributed by atoms with Gasteiger partial charge >= 0.3 is 17.8 Å². The monoisotopic (exact) mass is 391 g/mol. The average Bonchev–Trinajstić information content (AvgIpc) is 3.43. The molecule has 0 radical (unpaired) electrons. The maximum atomic E-state index is 12.9. The molecule has 28 heavy (non-hydrogen) atoms. The van der Waals surface area contributed by atoms with E-state index in [1.165, 1.54) is 21.2 Å². The van der Waals surface area contributed by atoms with E-state index in [1.54, 1.807) is 24.4 Å². The molecule has 0 N–H and O–H groups in total. The number of carbonyl (C=O) groups is 1. The van der Waals surface area contributed by atoms with Crippen LogP contribution in [0.3, 0.4) is 0 Å². The number of esters is 1. The topological polar surface area (TPSA) is 65.6 Å². The maximum Gasteiger partial charge on any atom is 0.416 e. The molecule has 0 aliphatic heterocycles. The molecule has 1 aliphatic rings. The van der Waals surface area contributed by atoms with Crippen LogP contribution in [0.25, 0.3) is 5.65 Å². The number of benzene rings is 1. The average molecular weight is 391 g/mol. The van der Waals surface area contributed by atoms with Crippen LogP contribution in [0.4, 0.5) is 13.2 Å². The highest BCUT2D eigenvalue weighted by Gasteiger charge is 2.53. The van der Waals surface area contributed by atoms with Gasteiger partial charge in [0.25, 0.3) is 0 Å². The minimum atomic E-state index is -4.47. The van der Waals surface area contributed by atoms with E-state index in [2.05, 4.69) is 5.10 Å². The zero-order valence-electron chi connectivity index (χ0n) is 14.6. The van der Waals surface area contributed by atoms with Gasteiger partial charge in [0.2, 0.25) is 0 Å². The lowest BCUT2D eigenvalue weighted by molar-refractivity contribution is -0.147. The van der Waals surface area contributed by atoms with E-state index in [1.807, 2.05) is 0 Å². The Bertz CT molecular complexity index is 1100. The van der Waals surface area contributed by atoms with Crippen molar-refractivity contribution in [3.63, 3.8) is 0 Å². The van der Waals surface area contributed by atoms with Crippen LogP contribution < -0.4 is 5.69 Å². The molecule has 0 saturated heterocycles. The highest BCUT2D eigenvalue weighted by Crippen LogP contribution is 2.50. The number of alkyl halides is 3. The quantitative estimate of drug-likeness (QED) is 0.628. The minimum absolute atomic E-state index is 0.0604. The van der Waals surface area contributed by atoms with Crippen molar-refractivity contribution in [2.24, 2.45) is 0 Å². The second-order valence-electron chi connectivity index (χ2n) is 6.73. The molecule has 2 aromatic heterocycles. The SMILES string of the molecule is O=C(OCCn1nc2ccccn2c1=O)C1(c2cccc(C(F)(F)F)c2)CC1. The Morgan fingerprint density at radius 2 is 1.96 bits per heavy atom. The third kappa shape index (κ3) is 3.17. The number of aromatic nitrogens is 3. The summed E-state index contributed by atoms with van der Waals surface area (Å²) < 4.78 is 46.6. The van der Waals surface area contributed by atoms with Gasteiger partial charge in [-0.15, -0.1) is 5.10 Å². The van der Waals surface area contributed by atoms with E-state index < -0.39 is 23.1 Å². The summed E-state index contributed by atoms with van der Waals surface area (Å²) in [6.07, 6.45) is -2.02. The van der Waals surface area contributed by atoms with Crippen LogP contribution in [0.2, 0.25) is 0 Å². The van der Waals surface area contributed by atoms with E-state index in [-0.39, 0.29) is 18.8 Å². The molecule has 0 atom stereocenters. The van der Waals surface area contributed by atoms with Crippen molar-refractivity contribution in [1.82, 2.24) is 14.2 Å². The highest BCUT2D eigenvalue weighted by molar-refractivity contribution is 5.86. The zero-order chi connectivity index (χ0) is 19.9. The van der Waals surface area contributed by atoms with Gasteiger partial charge in [0.1, 0.15) is 6.61 Å². The van der Waals surface area contributed by atoms with E-state index in [0.29, 0.717) is 24.1 Å². The van der Waals surface area contributed by atoms with Crippen molar-refractivity contribution in [2.45, 2.75) is 31.0 Å². The van der Waals surface area contributed by atoms with Crippen molar-refractivity contribution in [3.05, 3.63) is 70.3 Å². The Morgan fingerprint density at radius 3 is 2.64 bits per heavy atom. The van der Waals surface area contributed by atoms with Crippen LogP contribution >= 0.6 is 0 Å². The van der Waals surface area contributed by atoms with Crippen molar-refractivity contribution < 1.29 is 22.7 Å². The molecular formula is C19H16F3N3O3. The molecule has 6 nitrogen and oxygen atoms in total. The molecule has 4 rings (SSSR count). The summed E-state index contributed by atoms with van der Waals surface area (Å²) in [5.74, 6) is -0.580. The first-order valence-corrected chi connectivity index (χ1v) is 8.70. The predicted octanol–water partition coefficient (Wildman–Crippen LogP) is 2.79. The van der Waals surface area contributed by atoms with Crippen LogP contribution in [0.5, 0.6) is 0 Å². The predicted molar refractivity (Wildman–Crippen MR) is 92.8 cm³/mol. The van der Waals surface area contributed by atoms with E-state index in [9.17, 15) is 22.8 Å². The summed E-state index contributed by atoms with van der Waals surface area (Å²) in [4.78, 5) is 24.7. The molecule has 1 saturated carbocycles. The maximum absolute atomic E-state index is 12.9. The van der Waals surface area contributed by atoms with Crippen LogP contribution in [0.15, 0.2) is 53.5 Å². The van der Waals surface area contributed by atoms with E-state index in [0.717, 1.165) is 12.1 Å². The van der Waals surface area contributed by atoms with Gasteiger partial charge in [0.05, 0.1) is 17.5 Å². The number of hydrogen-bond donors (Lipinski definition) is 0. The number of hydrogen-bond acceptors (Lipinski definition) is 4. The summed E-state index contributed by atoms with van der Waals surface area (Å²) in [5.41, 5.74) is -1.41. The van der Waals surface area contributed by atoms with Gasteiger partial charge < -0.3 is 4.74 Å². The summed E-state index contributed by atoms with van der Waals surface area (Å²) in [6.45, 7) is -0.0335. The number of halogens is 3. The molecule has 1 fully saturated rings. The molecule has 0 unspecified atom stereocenters. The van der Waals surface area contributed by atoms with Gasteiger partial charge in [-0.2, -0.15) is 13.2 Å². The van der Waals surface area contributed by atoms with Gasteiger partial charge in [-0.25, -0.2) is 9.48 Å². The second kappa shape index (κ2) is 6.50. The fraction of sp³-hybridized carbons (Fsp3) is 0.316. The summed E-state index contributed by atoms with van der Waals surface area (Å²) in [6, 6.07) is 9.90. The zero-order valence-corrected chi connectivity index (χ0v) is 14.6. The second-order valence-corrected chi connectivity index (χ2v) is 6.73. The normalized spacial score (nSPS) is 15.5. The van der Waals surface area contributed by atoms with Gasteiger partial charge in [-0.1, -0.05) is 24.3 Å². The standard InChI is InChI=1S/C19H16F3N3O3/c20-19(21,22)14-5-3-4-13(12-14)18(7-8-18)16(26)28-11-10-25-17(27)24-9-2-1-6-15(24)23-25/h1-6,9,12H,7-8,10-11H2. The van der Waals surface area contributed by atoms with Gasteiger partial charge in [0, 0.05) is 6.20 Å². The molecule has 1 aliphatic carbocycles. The fourth-order valence-corrected chi connectivity index (χ4v) is 3.21. The smallest absolute Gasteiger partial charge is 0.416 e. The minimum Gasteiger partial charge on any atom is -0.463 e. The summed E-state index contributed by atoms with van der Waals surface area (Å²) in [5, 5.41) is 4.13. The van der Waals surface area contributed by atoms with Crippen molar-refractivity contribution in [3.8, 4) is 0 Å². The van der Waals surface area contributed by atoms with Crippen molar-refractivity contribution >= 4 is 11.6 Å². The van der Waals surface area contributed by atoms with Crippen molar-refractivity contribution in [1.29, 1.82) is 0 Å². The van der Waals surface area contributed by atoms with Gasteiger partial charge in [-0.05, 0) is 36.6 Å². The fourth-order valence-electron chi connectivity index (χ4n) is 3.21. The number of nitrogens with zero attached hydrogens (tertiary/aromatic N) is 3. The molecule has 2 heterocycles. The number of rotatable bonds is 5. The highest BCUT2D eigenvalue weighted by atomic mass is 19.4. The Hall–Kier alpha value is -3.10. The Kier molecular flexibility index (Phi) is 4.24. The largest absolute Gasteiger partial charge is 0.463 e. The molecule has 0 bridgehead atoms. The first-order valence-electron chi connectivity index (χ1n) is 8.70. The van der Waals surface area contributed by atoms with Crippen LogP contribution in [0, 0.1) is 0 Å². The van der Waals surface area contributed by atoms with E-state index >= 15 is 0 Å². The third-order valence-electron chi connectivity index (χ3n) is 4.91. The lowest BCUT2D eigenvalue weighted by Crippen LogP contribution is -2.28. The van der Waals surface area contributed by atoms with Crippen molar-refractivity contribution in [2.75, 3.05) is 6.61 Å². The third-order valence-corrected chi connectivity index (χ3v) is 4.91. The molecule has 146 valence electrons. The van der Waals surface area contributed by atoms with Crippen LogP contribution in [0.1, 0.15) is 24.0 Å². The number of pyridine rings is 1. The Balaban J connectivity index is 1.45. The van der Waals surface area contributed by atoms with Crippen LogP contribution in [-0.2, 0) is 27.7 Å². The van der Waals surface area contributed by atoms with Gasteiger partial charge in [0.15, 0.2) is 5.65 Å². The van der Waals surface area contributed by atoms with Crippen LogP contribution in [-0.4, -0.2) is 26.8 Å². The number of ether oxygens (including phenoxy) is 1. The Labute approximate surface area is 157 Å². The summed E-state index contributed by atoms with van der Waals surface area (Å²) in [7, 11) is 0. The first-order chi connectivity index (χ1) is 13.3. The molecule has 3 aromatic rings. The Morgan fingerprint density at radius 1 is 1.18 bits per heavy atom. The molecule has 0 amide bonds.